The number of aromatic nitrogens is 2. The van der Waals surface area contributed by atoms with Gasteiger partial charge >= 0.3 is 0 Å². The lowest BCUT2D eigenvalue weighted by Crippen LogP contribution is -2.19. The summed E-state index contributed by atoms with van der Waals surface area (Å²) in [6, 6.07) is 20.2. The summed E-state index contributed by atoms with van der Waals surface area (Å²) in [4.78, 5) is 11.0. The van der Waals surface area contributed by atoms with Crippen LogP contribution in [0.1, 0.15) is 11.1 Å². The van der Waals surface area contributed by atoms with E-state index in [0.717, 1.165) is 18.1 Å². The molecule has 5 heteroatoms. The molecule has 0 fully saturated rings. The zero-order valence-electron chi connectivity index (χ0n) is 14.5. The fraction of sp³-hybridized carbons (Fsp3) is 0.200. The van der Waals surface area contributed by atoms with E-state index in [2.05, 4.69) is 27.4 Å². The van der Waals surface area contributed by atoms with E-state index in [1.807, 2.05) is 60.5 Å². The van der Waals surface area contributed by atoms with E-state index in [1.165, 1.54) is 11.1 Å². The molecule has 0 spiro atoms. The van der Waals surface area contributed by atoms with Crippen molar-refractivity contribution in [2.75, 3.05) is 24.4 Å². The molecule has 0 aliphatic rings. The third-order valence-electron chi connectivity index (χ3n) is 3.88. The summed E-state index contributed by atoms with van der Waals surface area (Å²) in [5.41, 5.74) is 2.39. The molecule has 0 unspecified atom stereocenters. The van der Waals surface area contributed by atoms with E-state index in [0.29, 0.717) is 12.5 Å². The number of nitrogens with one attached hydrogen (secondary N) is 1. The Bertz CT molecular complexity index is 790. The van der Waals surface area contributed by atoms with Gasteiger partial charge in [-0.3, -0.25) is 0 Å². The second-order valence-corrected chi connectivity index (χ2v) is 5.79. The summed E-state index contributed by atoms with van der Waals surface area (Å²) in [5, 5.41) is 3.34. The Hall–Kier alpha value is -3.08. The maximum Gasteiger partial charge on any atom is 0.227 e. The van der Waals surface area contributed by atoms with Crippen molar-refractivity contribution < 1.29 is 4.74 Å². The molecule has 0 amide bonds. The highest BCUT2D eigenvalue weighted by molar-refractivity contribution is 5.42. The maximum atomic E-state index is 5.18. The third kappa shape index (κ3) is 4.70. The van der Waals surface area contributed by atoms with Gasteiger partial charge < -0.3 is 15.0 Å². The summed E-state index contributed by atoms with van der Waals surface area (Å²) in [6.45, 7) is 1.46. The maximum absolute atomic E-state index is 5.18. The van der Waals surface area contributed by atoms with Gasteiger partial charge in [0.15, 0.2) is 0 Å². The quantitative estimate of drug-likeness (QED) is 0.713. The highest BCUT2D eigenvalue weighted by Gasteiger charge is 2.06. The van der Waals surface area contributed by atoms with Gasteiger partial charge in [0, 0.05) is 26.3 Å². The average molecular weight is 334 g/mol. The van der Waals surface area contributed by atoms with Gasteiger partial charge in [-0.25, -0.2) is 4.98 Å². The van der Waals surface area contributed by atoms with Crippen molar-refractivity contribution in [3.05, 3.63) is 78.0 Å². The fourth-order valence-electron chi connectivity index (χ4n) is 2.49. The zero-order chi connectivity index (χ0) is 17.5. The van der Waals surface area contributed by atoms with Gasteiger partial charge in [-0.1, -0.05) is 42.5 Å². The first-order valence-corrected chi connectivity index (χ1v) is 8.19. The summed E-state index contributed by atoms with van der Waals surface area (Å²) >= 11 is 0. The molecule has 25 heavy (non-hydrogen) atoms. The molecule has 0 saturated heterocycles. The van der Waals surface area contributed by atoms with Crippen LogP contribution in [0.15, 0.2) is 66.9 Å². The molecule has 3 rings (SSSR count). The number of hydrogen-bond donors (Lipinski definition) is 1. The molecular weight excluding hydrogens is 312 g/mol. The van der Waals surface area contributed by atoms with E-state index in [1.54, 1.807) is 13.3 Å². The Morgan fingerprint density at radius 3 is 2.44 bits per heavy atom. The summed E-state index contributed by atoms with van der Waals surface area (Å²) in [5.74, 6) is 2.36. The van der Waals surface area contributed by atoms with Crippen LogP contribution in [0.2, 0.25) is 0 Å². The van der Waals surface area contributed by atoms with Crippen molar-refractivity contribution in [1.82, 2.24) is 9.97 Å². The minimum Gasteiger partial charge on any atom is -0.497 e. The van der Waals surface area contributed by atoms with E-state index in [-0.39, 0.29) is 0 Å². The molecule has 0 aliphatic carbocycles. The molecule has 2 aromatic carbocycles. The number of anilines is 2. The third-order valence-corrected chi connectivity index (χ3v) is 3.88. The van der Waals surface area contributed by atoms with Crippen LogP contribution in [0.4, 0.5) is 11.8 Å². The number of ether oxygens (including phenoxy) is 1. The lowest BCUT2D eigenvalue weighted by molar-refractivity contribution is 0.414. The topological polar surface area (TPSA) is 50.3 Å². The predicted molar refractivity (Wildman–Crippen MR) is 101 cm³/mol. The van der Waals surface area contributed by atoms with Gasteiger partial charge in [0.25, 0.3) is 0 Å². The first-order valence-electron chi connectivity index (χ1n) is 8.19. The number of hydrogen-bond acceptors (Lipinski definition) is 5. The molecule has 1 aromatic heterocycles. The van der Waals surface area contributed by atoms with Crippen molar-refractivity contribution in [1.29, 1.82) is 0 Å². The summed E-state index contributed by atoms with van der Waals surface area (Å²) in [6.07, 6.45) is 1.78. The monoisotopic (exact) mass is 334 g/mol. The SMILES string of the molecule is COc1ccc(CNc2ccnc(N(C)Cc3ccccc3)n2)cc1. The van der Waals surface area contributed by atoms with Gasteiger partial charge in [-0.05, 0) is 29.3 Å². The average Bonchev–Trinajstić information content (AvgIpc) is 2.68. The van der Waals surface area contributed by atoms with Gasteiger partial charge in [0.2, 0.25) is 5.95 Å². The number of benzene rings is 2. The van der Waals surface area contributed by atoms with Gasteiger partial charge in [0.05, 0.1) is 7.11 Å². The molecule has 1 heterocycles. The van der Waals surface area contributed by atoms with Crippen molar-refractivity contribution in [2.24, 2.45) is 0 Å². The molecular formula is C20H22N4O. The van der Waals surface area contributed by atoms with Crippen LogP contribution in [0.25, 0.3) is 0 Å². The first-order chi connectivity index (χ1) is 12.2. The Morgan fingerprint density at radius 2 is 1.72 bits per heavy atom. The van der Waals surface area contributed by atoms with Crippen LogP contribution in [0.3, 0.4) is 0 Å². The van der Waals surface area contributed by atoms with Crippen molar-refractivity contribution in [3.8, 4) is 5.75 Å². The van der Waals surface area contributed by atoms with Crippen LogP contribution >= 0.6 is 0 Å². The Morgan fingerprint density at radius 1 is 0.960 bits per heavy atom. The van der Waals surface area contributed by atoms with Crippen molar-refractivity contribution >= 4 is 11.8 Å². The molecule has 0 atom stereocenters. The van der Waals surface area contributed by atoms with E-state index in [4.69, 9.17) is 4.74 Å². The summed E-state index contributed by atoms with van der Waals surface area (Å²) in [7, 11) is 3.66. The number of methoxy groups -OCH3 is 1. The molecule has 0 bridgehead atoms. The first kappa shape index (κ1) is 16.8. The van der Waals surface area contributed by atoms with Crippen molar-refractivity contribution in [3.63, 3.8) is 0 Å². The minimum absolute atomic E-state index is 0.697. The highest BCUT2D eigenvalue weighted by Crippen LogP contribution is 2.15. The molecule has 0 saturated carbocycles. The second-order valence-electron chi connectivity index (χ2n) is 5.79. The van der Waals surface area contributed by atoms with E-state index >= 15 is 0 Å². The zero-order valence-corrected chi connectivity index (χ0v) is 14.5. The van der Waals surface area contributed by atoms with E-state index in [9.17, 15) is 0 Å². The lowest BCUT2D eigenvalue weighted by Gasteiger charge is -2.17. The largest absolute Gasteiger partial charge is 0.497 e. The standard InChI is InChI=1S/C20H22N4O/c1-24(15-17-6-4-3-5-7-17)20-21-13-12-19(23-20)22-14-16-8-10-18(25-2)11-9-16/h3-13H,14-15H2,1-2H3,(H,21,22,23). The Balaban J connectivity index is 1.62. The highest BCUT2D eigenvalue weighted by atomic mass is 16.5. The molecule has 1 N–H and O–H groups in total. The number of nitrogens with zero attached hydrogens (tertiary/aromatic N) is 3. The minimum atomic E-state index is 0.697. The van der Waals surface area contributed by atoms with Crippen LogP contribution in [0, 0.1) is 0 Å². The molecule has 5 nitrogen and oxygen atoms in total. The van der Waals surface area contributed by atoms with Crippen molar-refractivity contribution in [2.45, 2.75) is 13.1 Å². The molecule has 3 aromatic rings. The van der Waals surface area contributed by atoms with Crippen LogP contribution < -0.4 is 15.0 Å². The van der Waals surface area contributed by atoms with Gasteiger partial charge in [0.1, 0.15) is 11.6 Å². The van der Waals surface area contributed by atoms with Gasteiger partial charge in [-0.15, -0.1) is 0 Å². The molecule has 128 valence electrons. The Kier molecular flexibility index (Phi) is 5.46. The normalized spacial score (nSPS) is 10.3. The van der Waals surface area contributed by atoms with Gasteiger partial charge in [-0.2, -0.15) is 4.98 Å². The Labute approximate surface area is 148 Å². The van der Waals surface area contributed by atoms with E-state index < -0.39 is 0 Å². The van der Waals surface area contributed by atoms with Crippen LogP contribution in [-0.4, -0.2) is 24.1 Å². The fourth-order valence-corrected chi connectivity index (χ4v) is 2.49. The number of rotatable bonds is 7. The smallest absolute Gasteiger partial charge is 0.227 e. The molecule has 0 radical (unpaired) electrons. The lowest BCUT2D eigenvalue weighted by atomic mass is 10.2. The van der Waals surface area contributed by atoms with Crippen LogP contribution in [-0.2, 0) is 13.1 Å². The molecule has 0 aliphatic heterocycles. The predicted octanol–water partition coefficient (Wildman–Crippen LogP) is 3.73. The summed E-state index contributed by atoms with van der Waals surface area (Å²) < 4.78 is 5.18. The van der Waals surface area contributed by atoms with Crippen LogP contribution in [0.5, 0.6) is 5.75 Å². The second kappa shape index (κ2) is 8.15.